The molecule has 6 aromatic rings. The van der Waals surface area contributed by atoms with Gasteiger partial charge in [0.1, 0.15) is 22.8 Å². The molecule has 8 heteroatoms. The Labute approximate surface area is 249 Å². The topological polar surface area (TPSA) is 88.4 Å². The summed E-state index contributed by atoms with van der Waals surface area (Å²) in [5, 5.41) is 21.2. The Balaban J connectivity index is 0.000000228. The quantitative estimate of drug-likeness (QED) is 0.209. The molecule has 3 aromatic heterocycles. The van der Waals surface area contributed by atoms with Crippen LogP contribution in [0.2, 0.25) is 0 Å². The fourth-order valence-corrected chi connectivity index (χ4v) is 4.26. The summed E-state index contributed by atoms with van der Waals surface area (Å²) in [6, 6.07) is 35.3. The number of fused-ring (bicyclic) bond motifs is 1. The summed E-state index contributed by atoms with van der Waals surface area (Å²) in [6.07, 6.45) is 1.77. The molecule has 39 heavy (non-hydrogen) atoms. The van der Waals surface area contributed by atoms with E-state index >= 15 is 0 Å². The van der Waals surface area contributed by atoms with Gasteiger partial charge in [0.05, 0.1) is 22.8 Å². The van der Waals surface area contributed by atoms with Crippen LogP contribution in [0.4, 0.5) is 0 Å². The van der Waals surface area contributed by atoms with E-state index in [4.69, 9.17) is 3.79 Å². The van der Waals surface area contributed by atoms with Gasteiger partial charge in [0.25, 0.3) is 0 Å². The van der Waals surface area contributed by atoms with Crippen molar-refractivity contribution in [2.24, 2.45) is 0 Å². The molecular weight excluding hydrogens is 684 g/mol. The Hall–Kier alpha value is -4.01. The number of aromatic hydroxyl groups is 2. The van der Waals surface area contributed by atoms with Crippen LogP contribution in [0.25, 0.3) is 44.8 Å². The Morgan fingerprint density at radius 3 is 1.56 bits per heavy atom. The van der Waals surface area contributed by atoms with Crippen LogP contribution in [-0.4, -0.2) is 41.8 Å². The van der Waals surface area contributed by atoms with Crippen molar-refractivity contribution in [2.75, 3.05) is 0 Å². The number of pyridine rings is 3. The first-order chi connectivity index (χ1) is 18.6. The number of phenols is 2. The second-order valence-corrected chi connectivity index (χ2v) is 8.61. The third-order valence-electron chi connectivity index (χ3n) is 5.87. The molecule has 0 atom stereocenters. The number of rotatable bonds is 4. The Morgan fingerprint density at radius 1 is 0.538 bits per heavy atom. The molecule has 0 aliphatic heterocycles. The number of hydrogen-bond acceptors (Lipinski definition) is 6. The molecule has 1 radical (unpaired) electrons. The third-order valence-corrected chi connectivity index (χ3v) is 6.18. The molecule has 2 N–H and O–H groups in total. The van der Waals surface area contributed by atoms with E-state index < -0.39 is 0 Å². The van der Waals surface area contributed by atoms with Gasteiger partial charge in [-0.25, -0.2) is 9.97 Å². The summed E-state index contributed by atoms with van der Waals surface area (Å²) < 4.78 is 5.19. The molecule has 3 heterocycles. The summed E-state index contributed by atoms with van der Waals surface area (Å²) in [4.78, 5) is 13.5. The minimum atomic E-state index is 0. The average molecular weight is 708 g/mol. The van der Waals surface area contributed by atoms with Gasteiger partial charge in [0.15, 0.2) is 0 Å². The number of hydrogen-bond donors (Lipinski definition) is 2. The largest absolute Gasteiger partial charge is 0.649 e. The fraction of sp³-hybridized carbons (Fsp3) is 0. The van der Waals surface area contributed by atoms with E-state index in [1.54, 1.807) is 30.5 Å². The maximum absolute atomic E-state index is 10.1. The van der Waals surface area contributed by atoms with Crippen LogP contribution in [-0.2, 0) is 21.1 Å². The van der Waals surface area contributed by atoms with Crippen LogP contribution in [0.1, 0.15) is 0 Å². The zero-order chi connectivity index (χ0) is 26.3. The van der Waals surface area contributed by atoms with Crippen LogP contribution < -0.4 is 3.79 Å². The molecule has 0 aliphatic carbocycles. The van der Waals surface area contributed by atoms with Crippen molar-refractivity contribution >= 4 is 27.5 Å². The van der Waals surface area contributed by atoms with Crippen molar-refractivity contribution in [3.8, 4) is 51.2 Å². The van der Waals surface area contributed by atoms with Gasteiger partial charge in [0, 0.05) is 43.8 Å². The van der Waals surface area contributed by atoms with Crippen LogP contribution in [0.5, 0.6) is 17.2 Å². The number of nitrogens with zero attached hydrogens (tertiary/aromatic N) is 3. The molecule has 0 bridgehead atoms. The van der Waals surface area contributed by atoms with E-state index in [2.05, 4.69) is 15.0 Å². The third kappa shape index (κ3) is 6.53. The van der Waals surface area contributed by atoms with E-state index in [-0.39, 0.29) is 32.6 Å². The Kier molecular flexibility index (Phi) is 9.46. The standard InChI is InChI=1S/C22H16N2O2.C9H7NO.Al.Pt.H/c25-21-13-3-1-7-15(21)17-9-5-11-19(23-17)20-12-6-10-18(24-20)16-8-2-4-14-22(16)26;11-8-5-1-3-7-4-2-6-10-9(7)8;;;/h1-14,25-26H;1-6,11H;;;/q;;+1;;/p-1. The van der Waals surface area contributed by atoms with Crippen molar-refractivity contribution in [1.82, 2.24) is 15.0 Å². The molecule has 0 saturated heterocycles. The normalized spacial score (nSPS) is 10.2. The van der Waals surface area contributed by atoms with E-state index in [0.29, 0.717) is 33.9 Å². The molecule has 6 rings (SSSR count). The van der Waals surface area contributed by atoms with E-state index in [0.717, 1.165) is 16.7 Å². The van der Waals surface area contributed by atoms with E-state index in [1.165, 1.54) is 16.6 Å². The molecule has 0 fully saturated rings. The maximum Gasteiger partial charge on any atom is 0.494 e. The first-order valence-electron chi connectivity index (χ1n) is 11.9. The van der Waals surface area contributed by atoms with Crippen LogP contribution in [0.15, 0.2) is 121 Å². The van der Waals surface area contributed by atoms with Crippen molar-refractivity contribution in [2.45, 2.75) is 0 Å². The predicted molar refractivity (Wildman–Crippen MR) is 151 cm³/mol. The maximum atomic E-state index is 10.1. The SMILES string of the molecule is Oc1ccccc1-c1cccc(-c2cccc(-c3ccccc3O)n2)n1.[AlH][O]c1cccc2cccnc12.[Pt]. The van der Waals surface area contributed by atoms with Crippen molar-refractivity contribution < 1.29 is 35.1 Å². The zero-order valence-electron chi connectivity index (χ0n) is 20.7. The number of para-hydroxylation sites is 3. The number of aromatic nitrogens is 3. The summed E-state index contributed by atoms with van der Waals surface area (Å²) in [6.45, 7) is 0. The van der Waals surface area contributed by atoms with Gasteiger partial charge in [-0.15, -0.1) is 0 Å². The van der Waals surface area contributed by atoms with Gasteiger partial charge < -0.3 is 14.0 Å². The number of phenolic OH excluding ortho intramolecular Hbond substituents is 2. The van der Waals surface area contributed by atoms with Crippen molar-refractivity contribution in [3.05, 3.63) is 121 Å². The zero-order valence-corrected chi connectivity index (χ0v) is 24.4. The second kappa shape index (κ2) is 13.2. The molecule has 0 spiro atoms. The van der Waals surface area contributed by atoms with Crippen molar-refractivity contribution in [1.29, 1.82) is 0 Å². The van der Waals surface area contributed by atoms with Gasteiger partial charge in [-0.05, 0) is 60.7 Å². The monoisotopic (exact) mass is 707 g/mol. The molecular formula is C31H23AlN3O3Pt. The van der Waals surface area contributed by atoms with Crippen LogP contribution >= 0.6 is 0 Å². The Bertz CT molecular complexity index is 1620. The van der Waals surface area contributed by atoms with E-state index in [9.17, 15) is 10.2 Å². The van der Waals surface area contributed by atoms with Crippen LogP contribution in [0, 0.1) is 0 Å². The first-order valence-corrected chi connectivity index (χ1v) is 12.5. The average Bonchev–Trinajstić information content (AvgIpc) is 2.98. The minimum absolute atomic E-state index is 0. The molecule has 193 valence electrons. The summed E-state index contributed by atoms with van der Waals surface area (Å²) in [7, 11) is 0. The van der Waals surface area contributed by atoms with Crippen molar-refractivity contribution in [3.63, 3.8) is 0 Å². The molecule has 0 saturated carbocycles. The van der Waals surface area contributed by atoms with Gasteiger partial charge in [-0.1, -0.05) is 54.6 Å². The molecule has 0 unspecified atom stereocenters. The Morgan fingerprint density at radius 2 is 1.03 bits per heavy atom. The summed E-state index contributed by atoms with van der Waals surface area (Å²) >= 11 is 1.47. The minimum Gasteiger partial charge on any atom is -0.649 e. The first kappa shape index (κ1) is 28.0. The van der Waals surface area contributed by atoms with Crippen LogP contribution in [0.3, 0.4) is 0 Å². The van der Waals surface area contributed by atoms with E-state index in [1.807, 2.05) is 91.0 Å². The fourth-order valence-electron chi connectivity index (χ4n) is 4.03. The molecule has 3 aromatic carbocycles. The van der Waals surface area contributed by atoms with Gasteiger partial charge in [-0.3, -0.25) is 4.98 Å². The molecule has 0 aliphatic rings. The summed E-state index contributed by atoms with van der Waals surface area (Å²) in [5.41, 5.74) is 5.02. The predicted octanol–water partition coefficient (Wildman–Crippen LogP) is 6.32. The summed E-state index contributed by atoms with van der Waals surface area (Å²) in [5.74, 6) is 1.22. The van der Waals surface area contributed by atoms with Gasteiger partial charge >= 0.3 is 16.6 Å². The molecule has 0 amide bonds. The van der Waals surface area contributed by atoms with Gasteiger partial charge in [0.2, 0.25) is 0 Å². The number of benzene rings is 3. The second-order valence-electron chi connectivity index (χ2n) is 8.33. The molecule has 6 nitrogen and oxygen atoms in total. The smallest absolute Gasteiger partial charge is 0.494 e. The van der Waals surface area contributed by atoms with Gasteiger partial charge in [-0.2, -0.15) is 0 Å².